The Morgan fingerprint density at radius 1 is 0.972 bits per heavy atom. The quantitative estimate of drug-likeness (QED) is 0.371. The molecule has 2 amide bonds. The van der Waals surface area contributed by atoms with Crippen LogP contribution in [0.15, 0.2) is 80.8 Å². The van der Waals surface area contributed by atoms with E-state index in [9.17, 15) is 9.59 Å². The van der Waals surface area contributed by atoms with Crippen molar-refractivity contribution in [2.75, 3.05) is 5.32 Å². The van der Waals surface area contributed by atoms with Gasteiger partial charge in [0, 0.05) is 23.6 Å². The number of nitrogens with zero attached hydrogens (tertiary/aromatic N) is 2. The maximum atomic E-state index is 13.4. The summed E-state index contributed by atoms with van der Waals surface area (Å²) >= 11 is 0. The molecule has 36 heavy (non-hydrogen) atoms. The summed E-state index contributed by atoms with van der Waals surface area (Å²) in [6.45, 7) is 3.57. The van der Waals surface area contributed by atoms with Crippen molar-refractivity contribution >= 4 is 23.3 Å². The molecule has 0 spiro atoms. The molecule has 8 nitrogen and oxygen atoms in total. The first kappa shape index (κ1) is 23.3. The highest BCUT2D eigenvalue weighted by Crippen LogP contribution is 2.31. The molecule has 5 rings (SSSR count). The van der Waals surface area contributed by atoms with Crippen molar-refractivity contribution in [2.45, 2.75) is 39.0 Å². The van der Waals surface area contributed by atoms with Gasteiger partial charge in [-0.25, -0.2) is 5.43 Å². The first-order chi connectivity index (χ1) is 17.5. The van der Waals surface area contributed by atoms with E-state index in [0.29, 0.717) is 41.5 Å². The molecule has 2 aromatic heterocycles. The van der Waals surface area contributed by atoms with Gasteiger partial charge in [-0.15, -0.1) is 0 Å². The van der Waals surface area contributed by atoms with Crippen molar-refractivity contribution in [3.63, 3.8) is 0 Å². The van der Waals surface area contributed by atoms with Gasteiger partial charge in [-0.2, -0.15) is 5.10 Å². The number of amides is 2. The third-order valence-corrected chi connectivity index (χ3v) is 6.23. The van der Waals surface area contributed by atoms with E-state index in [-0.39, 0.29) is 11.7 Å². The monoisotopic (exact) mass is 482 g/mol. The minimum atomic E-state index is -0.502. The Morgan fingerprint density at radius 3 is 2.25 bits per heavy atom. The van der Waals surface area contributed by atoms with Crippen LogP contribution in [-0.4, -0.2) is 22.7 Å². The summed E-state index contributed by atoms with van der Waals surface area (Å²) in [7, 11) is 0. The van der Waals surface area contributed by atoms with Gasteiger partial charge < -0.3 is 14.3 Å². The molecule has 4 aromatic rings. The average Bonchev–Trinajstić information content (AvgIpc) is 3.46. The summed E-state index contributed by atoms with van der Waals surface area (Å²) in [4.78, 5) is 26.2. The zero-order valence-electron chi connectivity index (χ0n) is 20.1. The second-order valence-corrected chi connectivity index (χ2v) is 8.77. The zero-order valence-corrected chi connectivity index (χ0v) is 20.1. The standard InChI is InChI=1S/C28H26N4O4/c1-17-16-23(32-36-17)29-28(34)26-18(2)24-21(14-9-15-22(24)35-26)30-31-27(33)25(19-10-5-3-6-11-19)20-12-7-4-8-13-20/h3-8,10-13,16,25H,9,14-15H2,1-2H3,(H,31,33)(H,29,32,34)/b30-21+. The average molecular weight is 483 g/mol. The highest BCUT2D eigenvalue weighted by molar-refractivity contribution is 6.09. The summed E-state index contributed by atoms with van der Waals surface area (Å²) in [6.07, 6.45) is 2.16. The fourth-order valence-corrected chi connectivity index (χ4v) is 4.57. The van der Waals surface area contributed by atoms with Crippen LogP contribution < -0.4 is 10.7 Å². The van der Waals surface area contributed by atoms with Crippen molar-refractivity contribution in [3.8, 4) is 0 Å². The maximum absolute atomic E-state index is 13.4. The number of fused-ring (bicyclic) bond motifs is 1. The summed E-state index contributed by atoms with van der Waals surface area (Å²) < 4.78 is 10.9. The normalized spacial score (nSPS) is 14.0. The maximum Gasteiger partial charge on any atom is 0.292 e. The Balaban J connectivity index is 1.40. The number of carbonyl (C=O) groups excluding carboxylic acids is 2. The Kier molecular flexibility index (Phi) is 6.49. The number of hydrogen-bond acceptors (Lipinski definition) is 6. The molecule has 1 aliphatic carbocycles. The lowest BCUT2D eigenvalue weighted by Crippen LogP contribution is -2.28. The molecule has 182 valence electrons. The Morgan fingerprint density at radius 2 is 1.64 bits per heavy atom. The third kappa shape index (κ3) is 4.70. The first-order valence-electron chi connectivity index (χ1n) is 11.8. The van der Waals surface area contributed by atoms with E-state index < -0.39 is 11.8 Å². The van der Waals surface area contributed by atoms with Crippen LogP contribution in [0.4, 0.5) is 5.82 Å². The number of aryl methyl sites for hydroxylation is 2. The molecular formula is C28H26N4O4. The number of anilines is 1. The Hall–Kier alpha value is -4.46. The highest BCUT2D eigenvalue weighted by atomic mass is 16.5. The second-order valence-electron chi connectivity index (χ2n) is 8.77. The number of hydrogen-bond donors (Lipinski definition) is 2. The second kappa shape index (κ2) is 10.0. The van der Waals surface area contributed by atoms with Gasteiger partial charge in [0.05, 0.1) is 11.6 Å². The molecule has 8 heteroatoms. The van der Waals surface area contributed by atoms with E-state index in [1.807, 2.05) is 67.6 Å². The van der Waals surface area contributed by atoms with Crippen LogP contribution >= 0.6 is 0 Å². The van der Waals surface area contributed by atoms with Crippen LogP contribution in [0.2, 0.25) is 0 Å². The summed E-state index contributed by atoms with van der Waals surface area (Å²) in [5.74, 6) is 0.663. The lowest BCUT2D eigenvalue weighted by Gasteiger charge is -2.18. The van der Waals surface area contributed by atoms with Crippen molar-refractivity contribution in [1.82, 2.24) is 10.6 Å². The van der Waals surface area contributed by atoms with E-state index in [1.54, 1.807) is 13.0 Å². The first-order valence-corrected chi connectivity index (χ1v) is 11.8. The molecular weight excluding hydrogens is 456 g/mol. The minimum absolute atomic E-state index is 0.202. The summed E-state index contributed by atoms with van der Waals surface area (Å²) in [6, 6.07) is 20.9. The molecule has 0 fully saturated rings. The van der Waals surface area contributed by atoms with Crippen LogP contribution in [0.3, 0.4) is 0 Å². The van der Waals surface area contributed by atoms with Gasteiger partial charge in [0.15, 0.2) is 11.6 Å². The van der Waals surface area contributed by atoms with Gasteiger partial charge in [-0.05, 0) is 37.8 Å². The number of nitrogens with one attached hydrogen (secondary N) is 2. The molecule has 0 atom stereocenters. The smallest absolute Gasteiger partial charge is 0.292 e. The molecule has 2 N–H and O–H groups in total. The largest absolute Gasteiger partial charge is 0.455 e. The van der Waals surface area contributed by atoms with Gasteiger partial charge >= 0.3 is 0 Å². The van der Waals surface area contributed by atoms with Crippen molar-refractivity contribution in [1.29, 1.82) is 0 Å². The summed E-state index contributed by atoms with van der Waals surface area (Å²) in [5.41, 5.74) is 6.70. The topological polar surface area (TPSA) is 110 Å². The number of furan rings is 1. The molecule has 0 saturated heterocycles. The van der Waals surface area contributed by atoms with Crippen LogP contribution in [-0.2, 0) is 11.2 Å². The molecule has 0 bridgehead atoms. The number of hydrazone groups is 1. The molecule has 0 unspecified atom stereocenters. The van der Waals surface area contributed by atoms with Crippen LogP contribution in [0, 0.1) is 13.8 Å². The van der Waals surface area contributed by atoms with Gasteiger partial charge in [0.2, 0.25) is 0 Å². The fourth-order valence-electron chi connectivity index (χ4n) is 4.57. The Labute approximate surface area is 208 Å². The molecule has 2 heterocycles. The molecule has 1 aliphatic rings. The van der Waals surface area contributed by atoms with Crippen molar-refractivity contribution in [3.05, 3.63) is 106 Å². The third-order valence-electron chi connectivity index (χ3n) is 6.23. The van der Waals surface area contributed by atoms with Crippen LogP contribution in [0.25, 0.3) is 0 Å². The lowest BCUT2D eigenvalue weighted by atomic mass is 9.90. The van der Waals surface area contributed by atoms with Gasteiger partial charge in [-0.3, -0.25) is 9.59 Å². The molecule has 2 aromatic carbocycles. The van der Waals surface area contributed by atoms with E-state index in [2.05, 4.69) is 21.0 Å². The van der Waals surface area contributed by atoms with Crippen molar-refractivity contribution < 1.29 is 18.5 Å². The lowest BCUT2D eigenvalue weighted by molar-refractivity contribution is -0.121. The number of carbonyl (C=O) groups is 2. The number of aromatic nitrogens is 1. The fraction of sp³-hybridized carbons (Fsp3) is 0.214. The van der Waals surface area contributed by atoms with E-state index in [0.717, 1.165) is 23.1 Å². The molecule has 0 radical (unpaired) electrons. The predicted octanol–water partition coefficient (Wildman–Crippen LogP) is 5.13. The zero-order chi connectivity index (χ0) is 25.1. The van der Waals surface area contributed by atoms with Crippen molar-refractivity contribution in [2.24, 2.45) is 5.10 Å². The SMILES string of the molecule is Cc1cc(NC(=O)c2oc3c(c2C)/C(=N/NC(=O)C(c2ccccc2)c2ccccc2)CCC3)no1. The summed E-state index contributed by atoms with van der Waals surface area (Å²) in [5, 5.41) is 11.0. The van der Waals surface area contributed by atoms with Crippen LogP contribution in [0.1, 0.15) is 63.1 Å². The van der Waals surface area contributed by atoms with E-state index >= 15 is 0 Å². The van der Waals surface area contributed by atoms with Gasteiger partial charge in [0.1, 0.15) is 11.5 Å². The van der Waals surface area contributed by atoms with Gasteiger partial charge in [0.25, 0.3) is 11.8 Å². The minimum Gasteiger partial charge on any atom is -0.455 e. The van der Waals surface area contributed by atoms with E-state index in [1.165, 1.54) is 0 Å². The number of rotatable bonds is 6. The number of benzene rings is 2. The predicted molar refractivity (Wildman–Crippen MR) is 135 cm³/mol. The van der Waals surface area contributed by atoms with E-state index in [4.69, 9.17) is 8.94 Å². The van der Waals surface area contributed by atoms with Gasteiger partial charge in [-0.1, -0.05) is 65.8 Å². The Bertz CT molecular complexity index is 1380. The molecule has 0 aliphatic heterocycles. The highest BCUT2D eigenvalue weighted by Gasteiger charge is 2.29. The van der Waals surface area contributed by atoms with Crippen LogP contribution in [0.5, 0.6) is 0 Å². The molecule has 0 saturated carbocycles.